The number of carbonyl (C=O) groups is 2. The number of amides is 2. The van der Waals surface area contributed by atoms with E-state index in [4.69, 9.17) is 16.9 Å². The molecule has 0 aliphatic carbocycles. The highest BCUT2D eigenvalue weighted by molar-refractivity contribution is 6.40. The summed E-state index contributed by atoms with van der Waals surface area (Å²) in [5.41, 5.74) is 1.44. The number of aromatic nitrogens is 2. The van der Waals surface area contributed by atoms with Gasteiger partial charge < -0.3 is 15.2 Å². The summed E-state index contributed by atoms with van der Waals surface area (Å²) in [6, 6.07) is 16.2. The normalized spacial score (nSPS) is 10.2. The zero-order valence-electron chi connectivity index (χ0n) is 15.4. The van der Waals surface area contributed by atoms with Crippen molar-refractivity contribution in [2.24, 2.45) is 0 Å². The number of carbonyl (C=O) groups excluding carboxylic acids is 2. The standard InChI is InChI=1S/C21H18ClN5O2/c22-17-8-7-16(14-23)18(13-17)26-21(29)20(28)25-9-4-11-27-12-10-24-19(27)15-5-2-1-3-6-15/h1-3,5-8,10,12-13H,4,9,11H2,(H,25,28)(H,26,29). The maximum Gasteiger partial charge on any atom is 0.313 e. The van der Waals surface area contributed by atoms with Crippen LogP contribution in [0.3, 0.4) is 0 Å². The van der Waals surface area contributed by atoms with Crippen LogP contribution in [0.25, 0.3) is 11.4 Å². The highest BCUT2D eigenvalue weighted by Gasteiger charge is 2.15. The number of nitrogens with one attached hydrogen (secondary N) is 2. The highest BCUT2D eigenvalue weighted by atomic mass is 35.5. The van der Waals surface area contributed by atoms with E-state index in [1.165, 1.54) is 18.2 Å². The first-order valence-electron chi connectivity index (χ1n) is 8.94. The fourth-order valence-corrected chi connectivity index (χ4v) is 2.94. The quantitative estimate of drug-likeness (QED) is 0.484. The summed E-state index contributed by atoms with van der Waals surface area (Å²) in [4.78, 5) is 28.5. The lowest BCUT2D eigenvalue weighted by molar-refractivity contribution is -0.136. The minimum absolute atomic E-state index is 0.200. The average Bonchev–Trinajstić information content (AvgIpc) is 3.20. The molecule has 0 radical (unpaired) electrons. The fraction of sp³-hybridized carbons (Fsp3) is 0.143. The van der Waals surface area contributed by atoms with Gasteiger partial charge in [-0.2, -0.15) is 5.26 Å². The lowest BCUT2D eigenvalue weighted by Gasteiger charge is -2.10. The number of hydrogen-bond donors (Lipinski definition) is 2. The van der Waals surface area contributed by atoms with E-state index >= 15 is 0 Å². The summed E-state index contributed by atoms with van der Waals surface area (Å²) in [5, 5.41) is 14.4. The van der Waals surface area contributed by atoms with Crippen molar-refractivity contribution in [1.82, 2.24) is 14.9 Å². The number of aryl methyl sites for hydroxylation is 1. The Labute approximate surface area is 172 Å². The topological polar surface area (TPSA) is 99.8 Å². The van der Waals surface area contributed by atoms with E-state index in [1.54, 1.807) is 6.20 Å². The van der Waals surface area contributed by atoms with E-state index in [-0.39, 0.29) is 11.3 Å². The molecule has 0 aliphatic rings. The summed E-state index contributed by atoms with van der Waals surface area (Å²) in [7, 11) is 0. The molecule has 0 saturated heterocycles. The minimum atomic E-state index is -0.851. The number of hydrogen-bond acceptors (Lipinski definition) is 4. The highest BCUT2D eigenvalue weighted by Crippen LogP contribution is 2.20. The predicted octanol–water partition coefficient (Wildman–Crippen LogP) is 3.22. The molecule has 3 rings (SSSR count). The van der Waals surface area contributed by atoms with Crippen molar-refractivity contribution < 1.29 is 9.59 Å². The second-order valence-corrected chi connectivity index (χ2v) is 6.61. The summed E-state index contributed by atoms with van der Waals surface area (Å²) < 4.78 is 1.99. The third-order valence-corrected chi connectivity index (χ3v) is 4.40. The van der Waals surface area contributed by atoms with Crippen molar-refractivity contribution in [1.29, 1.82) is 5.26 Å². The Hall–Kier alpha value is -3.63. The summed E-state index contributed by atoms with van der Waals surface area (Å²) >= 11 is 5.88. The van der Waals surface area contributed by atoms with Crippen LogP contribution in [0.5, 0.6) is 0 Å². The molecular formula is C21H18ClN5O2. The molecule has 3 aromatic rings. The van der Waals surface area contributed by atoms with Crippen LogP contribution in [-0.4, -0.2) is 27.9 Å². The van der Waals surface area contributed by atoms with Gasteiger partial charge in [0, 0.05) is 36.1 Å². The van der Waals surface area contributed by atoms with E-state index < -0.39 is 11.8 Å². The van der Waals surface area contributed by atoms with Crippen LogP contribution >= 0.6 is 11.6 Å². The maximum atomic E-state index is 12.1. The summed E-state index contributed by atoms with van der Waals surface area (Å²) in [5.74, 6) is -0.779. The molecule has 0 atom stereocenters. The molecular weight excluding hydrogens is 390 g/mol. The molecule has 0 bridgehead atoms. The number of benzene rings is 2. The van der Waals surface area contributed by atoms with Crippen molar-refractivity contribution in [3.05, 3.63) is 71.5 Å². The van der Waals surface area contributed by atoms with E-state index in [0.29, 0.717) is 24.5 Å². The van der Waals surface area contributed by atoms with Gasteiger partial charge in [0.1, 0.15) is 11.9 Å². The maximum absolute atomic E-state index is 12.1. The van der Waals surface area contributed by atoms with Crippen LogP contribution in [0.4, 0.5) is 5.69 Å². The van der Waals surface area contributed by atoms with Gasteiger partial charge in [-0.3, -0.25) is 9.59 Å². The van der Waals surface area contributed by atoms with E-state index in [2.05, 4.69) is 15.6 Å². The number of rotatable bonds is 6. The van der Waals surface area contributed by atoms with Crippen molar-refractivity contribution in [2.45, 2.75) is 13.0 Å². The molecule has 2 amide bonds. The van der Waals surface area contributed by atoms with Gasteiger partial charge in [0.25, 0.3) is 0 Å². The van der Waals surface area contributed by atoms with Crippen molar-refractivity contribution in [3.8, 4) is 17.5 Å². The molecule has 0 saturated carbocycles. The number of nitrogens with zero attached hydrogens (tertiary/aromatic N) is 3. The Bertz CT molecular complexity index is 1060. The Kier molecular flexibility index (Phi) is 6.61. The molecule has 2 aromatic carbocycles. The van der Waals surface area contributed by atoms with Crippen LogP contribution in [0.15, 0.2) is 60.9 Å². The molecule has 1 heterocycles. The van der Waals surface area contributed by atoms with Crippen LogP contribution < -0.4 is 10.6 Å². The monoisotopic (exact) mass is 407 g/mol. The lowest BCUT2D eigenvalue weighted by Crippen LogP contribution is -2.36. The Balaban J connectivity index is 1.50. The molecule has 146 valence electrons. The molecule has 8 heteroatoms. The molecule has 29 heavy (non-hydrogen) atoms. The van der Waals surface area contributed by atoms with Gasteiger partial charge in [0.15, 0.2) is 0 Å². The van der Waals surface area contributed by atoms with E-state index in [9.17, 15) is 9.59 Å². The van der Waals surface area contributed by atoms with Crippen LogP contribution in [-0.2, 0) is 16.1 Å². The van der Waals surface area contributed by atoms with Gasteiger partial charge >= 0.3 is 11.8 Å². The average molecular weight is 408 g/mol. The molecule has 0 fully saturated rings. The number of anilines is 1. The first kappa shape index (κ1) is 20.1. The number of nitriles is 1. The Morgan fingerprint density at radius 3 is 2.69 bits per heavy atom. The zero-order chi connectivity index (χ0) is 20.6. The molecule has 2 N–H and O–H groups in total. The number of halogens is 1. The molecule has 0 unspecified atom stereocenters. The van der Waals surface area contributed by atoms with Gasteiger partial charge in [-0.05, 0) is 24.6 Å². The van der Waals surface area contributed by atoms with Crippen molar-refractivity contribution in [2.75, 3.05) is 11.9 Å². The van der Waals surface area contributed by atoms with Gasteiger partial charge in [0.2, 0.25) is 0 Å². The van der Waals surface area contributed by atoms with Crippen LogP contribution in [0.1, 0.15) is 12.0 Å². The van der Waals surface area contributed by atoms with Gasteiger partial charge in [-0.25, -0.2) is 4.98 Å². The molecule has 1 aromatic heterocycles. The fourth-order valence-electron chi connectivity index (χ4n) is 2.77. The van der Waals surface area contributed by atoms with Crippen molar-refractivity contribution in [3.63, 3.8) is 0 Å². The lowest BCUT2D eigenvalue weighted by atomic mass is 10.2. The largest absolute Gasteiger partial charge is 0.348 e. The first-order chi connectivity index (χ1) is 14.1. The Morgan fingerprint density at radius 1 is 1.14 bits per heavy atom. The van der Waals surface area contributed by atoms with Gasteiger partial charge in [0.05, 0.1) is 11.3 Å². The summed E-state index contributed by atoms with van der Waals surface area (Å²) in [6.07, 6.45) is 4.22. The third-order valence-electron chi connectivity index (χ3n) is 4.17. The van der Waals surface area contributed by atoms with Crippen molar-refractivity contribution >= 4 is 29.1 Å². The SMILES string of the molecule is N#Cc1ccc(Cl)cc1NC(=O)C(=O)NCCCn1ccnc1-c1ccccc1. The zero-order valence-corrected chi connectivity index (χ0v) is 16.2. The second-order valence-electron chi connectivity index (χ2n) is 6.18. The third kappa shape index (κ3) is 5.21. The van der Waals surface area contributed by atoms with Crippen LogP contribution in [0, 0.1) is 11.3 Å². The molecule has 0 aliphatic heterocycles. The molecule has 7 nitrogen and oxygen atoms in total. The van der Waals surface area contributed by atoms with Gasteiger partial charge in [-0.15, -0.1) is 0 Å². The number of imidazole rings is 1. The minimum Gasteiger partial charge on any atom is -0.348 e. The Morgan fingerprint density at radius 2 is 1.93 bits per heavy atom. The molecule has 0 spiro atoms. The first-order valence-corrected chi connectivity index (χ1v) is 9.31. The summed E-state index contributed by atoms with van der Waals surface area (Å²) in [6.45, 7) is 0.957. The van der Waals surface area contributed by atoms with E-state index in [1.807, 2.05) is 47.2 Å². The second kappa shape index (κ2) is 9.53. The van der Waals surface area contributed by atoms with Gasteiger partial charge in [-0.1, -0.05) is 41.9 Å². The van der Waals surface area contributed by atoms with Crippen LogP contribution in [0.2, 0.25) is 5.02 Å². The predicted molar refractivity (Wildman–Crippen MR) is 110 cm³/mol. The van der Waals surface area contributed by atoms with E-state index in [0.717, 1.165) is 11.4 Å². The smallest absolute Gasteiger partial charge is 0.313 e.